The van der Waals surface area contributed by atoms with E-state index in [-0.39, 0.29) is 17.0 Å². The SMILES string of the molecule is CN(C)C1(c2cccs2)CCC2(CC1)OCCc1c2[nH]c2ccc(F)cc12. The maximum absolute atomic E-state index is 13.8. The van der Waals surface area contributed by atoms with Gasteiger partial charge in [-0.05, 0) is 81.4 Å². The zero-order valence-corrected chi connectivity index (χ0v) is 16.7. The van der Waals surface area contributed by atoms with Gasteiger partial charge in [-0.2, -0.15) is 0 Å². The molecule has 0 saturated heterocycles. The van der Waals surface area contributed by atoms with Crippen LogP contribution in [0.1, 0.15) is 41.8 Å². The Bertz CT molecular complexity index is 968. The molecule has 0 atom stereocenters. The number of nitrogens with zero attached hydrogens (tertiary/aromatic N) is 1. The van der Waals surface area contributed by atoms with Gasteiger partial charge in [-0.15, -0.1) is 11.3 Å². The summed E-state index contributed by atoms with van der Waals surface area (Å²) < 4.78 is 20.3. The van der Waals surface area contributed by atoms with Gasteiger partial charge in [0.25, 0.3) is 0 Å². The molecule has 1 aromatic carbocycles. The van der Waals surface area contributed by atoms with E-state index in [9.17, 15) is 4.39 Å². The monoisotopic (exact) mass is 384 g/mol. The molecule has 1 saturated carbocycles. The van der Waals surface area contributed by atoms with Crippen molar-refractivity contribution in [2.24, 2.45) is 0 Å². The predicted molar refractivity (Wildman–Crippen MR) is 108 cm³/mol. The second-order valence-electron chi connectivity index (χ2n) is 8.16. The molecule has 2 aromatic heterocycles. The third-order valence-electron chi connectivity index (χ3n) is 6.77. The summed E-state index contributed by atoms with van der Waals surface area (Å²) in [6, 6.07) is 9.47. The highest BCUT2D eigenvalue weighted by Crippen LogP contribution is 2.53. The average molecular weight is 385 g/mol. The molecule has 0 unspecified atom stereocenters. The Morgan fingerprint density at radius 2 is 1.96 bits per heavy atom. The lowest BCUT2D eigenvalue weighted by atomic mass is 9.70. The van der Waals surface area contributed by atoms with Gasteiger partial charge in [-0.25, -0.2) is 4.39 Å². The van der Waals surface area contributed by atoms with Crippen molar-refractivity contribution in [1.29, 1.82) is 0 Å². The molecule has 0 radical (unpaired) electrons. The Labute approximate surface area is 163 Å². The van der Waals surface area contributed by atoms with E-state index >= 15 is 0 Å². The van der Waals surface area contributed by atoms with Crippen LogP contribution in [-0.4, -0.2) is 30.6 Å². The molecule has 1 N–H and O–H groups in total. The topological polar surface area (TPSA) is 28.3 Å². The lowest BCUT2D eigenvalue weighted by molar-refractivity contribution is -0.112. The van der Waals surface area contributed by atoms with E-state index < -0.39 is 0 Å². The molecular weight excluding hydrogens is 359 g/mol. The highest BCUT2D eigenvalue weighted by Gasteiger charge is 2.49. The van der Waals surface area contributed by atoms with Crippen LogP contribution in [0.3, 0.4) is 0 Å². The Morgan fingerprint density at radius 1 is 1.15 bits per heavy atom. The van der Waals surface area contributed by atoms with Crippen LogP contribution < -0.4 is 0 Å². The van der Waals surface area contributed by atoms with Crippen molar-refractivity contribution in [2.45, 2.75) is 43.2 Å². The minimum Gasteiger partial charge on any atom is -0.368 e. The summed E-state index contributed by atoms with van der Waals surface area (Å²) in [5, 5.41) is 3.20. The second-order valence-corrected chi connectivity index (χ2v) is 9.11. The standard InChI is InChI=1S/C22H25FN2OS/c1-25(2)21(19-4-3-13-27-19)8-10-22(11-9-21)20-16(7-12-26-22)17-14-15(23)5-6-18(17)24-20/h3-6,13-14,24H,7-12H2,1-2H3. The van der Waals surface area contributed by atoms with E-state index in [4.69, 9.17) is 4.74 Å². The number of H-pyrrole nitrogens is 1. The number of nitrogens with one attached hydrogen (secondary N) is 1. The van der Waals surface area contributed by atoms with Crippen LogP contribution in [0.15, 0.2) is 35.7 Å². The van der Waals surface area contributed by atoms with Crippen molar-refractivity contribution in [2.75, 3.05) is 20.7 Å². The Kier molecular flexibility index (Phi) is 3.97. The van der Waals surface area contributed by atoms with Gasteiger partial charge in [0.1, 0.15) is 11.4 Å². The Hall–Kier alpha value is -1.69. The number of aromatic nitrogens is 1. The van der Waals surface area contributed by atoms with Crippen LogP contribution in [0.25, 0.3) is 10.9 Å². The summed E-state index contributed by atoms with van der Waals surface area (Å²) in [6.07, 6.45) is 4.93. The number of benzene rings is 1. The maximum Gasteiger partial charge on any atom is 0.123 e. The minimum absolute atomic E-state index is 0.0819. The molecule has 3 nitrogen and oxygen atoms in total. The molecule has 5 rings (SSSR count). The maximum atomic E-state index is 13.8. The zero-order valence-electron chi connectivity index (χ0n) is 15.8. The molecule has 1 aliphatic carbocycles. The van der Waals surface area contributed by atoms with Crippen LogP contribution in [-0.2, 0) is 22.3 Å². The summed E-state index contributed by atoms with van der Waals surface area (Å²) in [6.45, 7) is 0.713. The predicted octanol–water partition coefficient (Wildman–Crippen LogP) is 5.17. The van der Waals surface area contributed by atoms with Crippen LogP contribution in [0.4, 0.5) is 4.39 Å². The van der Waals surface area contributed by atoms with Gasteiger partial charge < -0.3 is 9.72 Å². The highest BCUT2D eigenvalue weighted by atomic mass is 32.1. The smallest absolute Gasteiger partial charge is 0.123 e. The third-order valence-corrected chi connectivity index (χ3v) is 7.84. The van der Waals surface area contributed by atoms with Crippen LogP contribution >= 0.6 is 11.3 Å². The number of ether oxygens (including phenoxy) is 1. The fraction of sp³-hybridized carbons (Fsp3) is 0.455. The highest BCUT2D eigenvalue weighted by molar-refractivity contribution is 7.10. The van der Waals surface area contributed by atoms with Gasteiger partial charge in [0.15, 0.2) is 0 Å². The summed E-state index contributed by atoms with van der Waals surface area (Å²) in [5.74, 6) is -0.169. The molecular formula is C22H25FN2OS. The first-order valence-corrected chi connectivity index (χ1v) is 10.6. The number of hydrogen-bond donors (Lipinski definition) is 1. The van der Waals surface area contributed by atoms with E-state index in [1.165, 1.54) is 22.2 Å². The van der Waals surface area contributed by atoms with E-state index in [1.807, 2.05) is 17.4 Å². The summed E-state index contributed by atoms with van der Waals surface area (Å²) in [4.78, 5) is 7.42. The lowest BCUT2D eigenvalue weighted by Gasteiger charge is -2.50. The van der Waals surface area contributed by atoms with E-state index in [0.29, 0.717) is 6.61 Å². The Balaban J connectivity index is 1.54. The van der Waals surface area contributed by atoms with Crippen molar-refractivity contribution in [3.05, 3.63) is 57.7 Å². The molecule has 5 heteroatoms. The first-order chi connectivity index (χ1) is 13.0. The number of halogens is 1. The number of thiophene rings is 1. The van der Waals surface area contributed by atoms with Crippen molar-refractivity contribution in [3.8, 4) is 0 Å². The molecule has 2 aliphatic rings. The molecule has 1 spiro atoms. The number of aromatic amines is 1. The normalized spacial score (nSPS) is 28.1. The number of rotatable bonds is 2. The van der Waals surface area contributed by atoms with E-state index in [2.05, 4.69) is 41.5 Å². The number of fused-ring (bicyclic) bond motifs is 4. The molecule has 3 heterocycles. The summed E-state index contributed by atoms with van der Waals surface area (Å²) in [5.41, 5.74) is 3.28. The fourth-order valence-corrected chi connectivity index (χ4v) is 6.28. The minimum atomic E-state index is -0.264. The first-order valence-electron chi connectivity index (χ1n) is 9.70. The average Bonchev–Trinajstić information content (AvgIpc) is 3.32. The Morgan fingerprint density at radius 3 is 2.67 bits per heavy atom. The molecule has 142 valence electrons. The molecule has 3 aromatic rings. The molecule has 0 amide bonds. The summed E-state index contributed by atoms with van der Waals surface area (Å²) >= 11 is 1.85. The molecule has 0 bridgehead atoms. The van der Waals surface area contributed by atoms with Crippen molar-refractivity contribution in [3.63, 3.8) is 0 Å². The van der Waals surface area contributed by atoms with E-state index in [0.717, 1.165) is 43.0 Å². The second kappa shape index (κ2) is 6.16. The molecule has 1 aliphatic heterocycles. The van der Waals surface area contributed by atoms with Crippen LogP contribution in [0, 0.1) is 5.82 Å². The number of hydrogen-bond acceptors (Lipinski definition) is 3. The zero-order chi connectivity index (χ0) is 18.6. The van der Waals surface area contributed by atoms with Gasteiger partial charge in [-0.1, -0.05) is 6.07 Å². The third kappa shape index (κ3) is 2.52. The van der Waals surface area contributed by atoms with Crippen LogP contribution in [0.2, 0.25) is 0 Å². The van der Waals surface area contributed by atoms with Crippen LogP contribution in [0.5, 0.6) is 0 Å². The quantitative estimate of drug-likeness (QED) is 0.660. The summed E-state index contributed by atoms with van der Waals surface area (Å²) in [7, 11) is 4.38. The lowest BCUT2D eigenvalue weighted by Crippen LogP contribution is -2.49. The van der Waals surface area contributed by atoms with Crippen molar-refractivity contribution >= 4 is 22.2 Å². The fourth-order valence-electron chi connectivity index (χ4n) is 5.21. The molecule has 1 fully saturated rings. The van der Waals surface area contributed by atoms with Gasteiger partial charge in [0, 0.05) is 15.8 Å². The van der Waals surface area contributed by atoms with Gasteiger partial charge in [-0.3, -0.25) is 4.90 Å². The largest absolute Gasteiger partial charge is 0.368 e. The molecule has 27 heavy (non-hydrogen) atoms. The first kappa shape index (κ1) is 17.4. The van der Waals surface area contributed by atoms with Gasteiger partial charge >= 0.3 is 0 Å². The van der Waals surface area contributed by atoms with Gasteiger partial charge in [0.2, 0.25) is 0 Å². The van der Waals surface area contributed by atoms with Gasteiger partial charge in [0.05, 0.1) is 17.8 Å². The van der Waals surface area contributed by atoms with E-state index in [1.54, 1.807) is 6.07 Å². The van der Waals surface area contributed by atoms with Crippen molar-refractivity contribution in [1.82, 2.24) is 9.88 Å². The van der Waals surface area contributed by atoms with Crippen molar-refractivity contribution < 1.29 is 9.13 Å².